The zero-order chi connectivity index (χ0) is 10.1. The molecule has 0 N–H and O–H groups in total. The van der Waals surface area contributed by atoms with Gasteiger partial charge in [0.05, 0.1) is 11.7 Å². The maximum absolute atomic E-state index is 5.90. The molecule has 80 valence electrons. The van der Waals surface area contributed by atoms with E-state index in [-0.39, 0.29) is 11.7 Å². The SMILES string of the molecule is CC1(C)[C@H]2C[C@@H]3OP([S-])O[C@]3(C)[C@@H]1C2. The lowest BCUT2D eigenvalue weighted by molar-refractivity contribution is -0.199. The predicted octanol–water partition coefficient (Wildman–Crippen LogP) is 3.00. The van der Waals surface area contributed by atoms with Gasteiger partial charge in [0.15, 0.2) is 0 Å². The van der Waals surface area contributed by atoms with Gasteiger partial charge in [0, 0.05) is 7.58 Å². The first kappa shape index (κ1) is 9.89. The van der Waals surface area contributed by atoms with Crippen LogP contribution < -0.4 is 0 Å². The molecule has 0 spiro atoms. The first-order valence-electron chi connectivity index (χ1n) is 5.28. The van der Waals surface area contributed by atoms with E-state index >= 15 is 0 Å². The van der Waals surface area contributed by atoms with Crippen LogP contribution in [0, 0.1) is 17.3 Å². The molecule has 4 rings (SSSR count). The minimum Gasteiger partial charge on any atom is -0.700 e. The van der Waals surface area contributed by atoms with E-state index in [4.69, 9.17) is 21.3 Å². The number of rotatable bonds is 0. The second kappa shape index (κ2) is 2.68. The van der Waals surface area contributed by atoms with Gasteiger partial charge in [0.25, 0.3) is 0 Å². The van der Waals surface area contributed by atoms with Crippen LogP contribution in [-0.2, 0) is 21.3 Å². The molecule has 0 amide bonds. The van der Waals surface area contributed by atoms with Crippen LogP contribution in [0.3, 0.4) is 0 Å². The van der Waals surface area contributed by atoms with E-state index in [0.29, 0.717) is 11.3 Å². The van der Waals surface area contributed by atoms with Gasteiger partial charge in [-0.05, 0) is 37.0 Å². The van der Waals surface area contributed by atoms with Crippen LogP contribution >= 0.6 is 7.58 Å². The van der Waals surface area contributed by atoms with Crippen LogP contribution in [0.15, 0.2) is 0 Å². The zero-order valence-corrected chi connectivity index (χ0v) is 10.5. The van der Waals surface area contributed by atoms with E-state index in [9.17, 15) is 0 Å². The molecule has 4 aliphatic rings. The highest BCUT2D eigenvalue weighted by atomic mass is 32.7. The maximum Gasteiger partial charge on any atom is 0.0999 e. The minimum absolute atomic E-state index is 0.0777. The topological polar surface area (TPSA) is 18.5 Å². The van der Waals surface area contributed by atoms with Crippen molar-refractivity contribution in [2.24, 2.45) is 17.3 Å². The molecule has 0 aromatic carbocycles. The normalized spacial score (nSPS) is 59.1. The van der Waals surface area contributed by atoms with E-state index in [0.717, 1.165) is 12.3 Å². The minimum atomic E-state index is -1.02. The molecule has 4 heteroatoms. The van der Waals surface area contributed by atoms with Crippen molar-refractivity contribution in [2.75, 3.05) is 0 Å². The smallest absolute Gasteiger partial charge is 0.0999 e. The highest BCUT2D eigenvalue weighted by molar-refractivity contribution is 8.29. The highest BCUT2D eigenvalue weighted by Gasteiger charge is 2.66. The van der Waals surface area contributed by atoms with Crippen LogP contribution in [0.1, 0.15) is 33.6 Å². The van der Waals surface area contributed by atoms with Gasteiger partial charge < -0.3 is 21.3 Å². The first-order chi connectivity index (χ1) is 6.44. The summed E-state index contributed by atoms with van der Waals surface area (Å²) in [4.78, 5) is 0. The Balaban J connectivity index is 1.95. The Bertz CT molecular complexity index is 283. The lowest BCUT2D eigenvalue weighted by Gasteiger charge is -2.63. The second-order valence-corrected chi connectivity index (χ2v) is 7.37. The molecule has 14 heavy (non-hydrogen) atoms. The molecule has 0 radical (unpaired) electrons. The molecule has 1 saturated heterocycles. The Hall–Kier alpha value is 0.700. The number of hydrogen-bond acceptors (Lipinski definition) is 3. The third-order valence-corrected chi connectivity index (χ3v) is 6.24. The van der Waals surface area contributed by atoms with Gasteiger partial charge >= 0.3 is 0 Å². The van der Waals surface area contributed by atoms with Gasteiger partial charge in [-0.25, -0.2) is 0 Å². The van der Waals surface area contributed by atoms with Crippen molar-refractivity contribution < 1.29 is 9.05 Å². The van der Waals surface area contributed by atoms with Gasteiger partial charge in [0.1, 0.15) is 0 Å². The molecular weight excluding hydrogens is 215 g/mol. The average Bonchev–Trinajstić information content (AvgIpc) is 2.37. The van der Waals surface area contributed by atoms with Crippen LogP contribution in [-0.4, -0.2) is 11.7 Å². The largest absolute Gasteiger partial charge is 0.700 e. The van der Waals surface area contributed by atoms with Crippen LogP contribution in [0.2, 0.25) is 0 Å². The third-order valence-electron chi connectivity index (χ3n) is 4.78. The van der Waals surface area contributed by atoms with Crippen LogP contribution in [0.5, 0.6) is 0 Å². The Morgan fingerprint density at radius 2 is 2.00 bits per heavy atom. The van der Waals surface area contributed by atoms with Crippen molar-refractivity contribution >= 4 is 19.8 Å². The van der Waals surface area contributed by atoms with E-state index in [2.05, 4.69) is 20.8 Å². The molecule has 2 bridgehead atoms. The fourth-order valence-electron chi connectivity index (χ4n) is 3.66. The fraction of sp³-hybridized carbons (Fsp3) is 1.00. The van der Waals surface area contributed by atoms with Gasteiger partial charge in [-0.2, -0.15) is 0 Å². The van der Waals surface area contributed by atoms with Crippen molar-refractivity contribution in [3.8, 4) is 0 Å². The lowest BCUT2D eigenvalue weighted by Crippen LogP contribution is -2.65. The van der Waals surface area contributed by atoms with Crippen LogP contribution in [0.25, 0.3) is 0 Å². The summed E-state index contributed by atoms with van der Waals surface area (Å²) < 4.78 is 11.6. The van der Waals surface area contributed by atoms with Gasteiger partial charge in [-0.1, -0.05) is 13.8 Å². The van der Waals surface area contributed by atoms with Crippen molar-refractivity contribution in [1.82, 2.24) is 0 Å². The van der Waals surface area contributed by atoms with Gasteiger partial charge in [-0.3, -0.25) is 0 Å². The first-order valence-corrected chi connectivity index (χ1v) is 7.47. The summed E-state index contributed by atoms with van der Waals surface area (Å²) in [6, 6.07) is 0. The molecule has 1 heterocycles. The van der Waals surface area contributed by atoms with E-state index < -0.39 is 7.58 Å². The van der Waals surface area contributed by atoms with Crippen LogP contribution in [0.4, 0.5) is 0 Å². The zero-order valence-electron chi connectivity index (χ0n) is 8.82. The molecule has 0 aromatic rings. The van der Waals surface area contributed by atoms with Crippen molar-refractivity contribution in [2.45, 2.75) is 45.3 Å². The molecule has 1 aliphatic heterocycles. The van der Waals surface area contributed by atoms with Gasteiger partial charge in [0.2, 0.25) is 0 Å². The summed E-state index contributed by atoms with van der Waals surface area (Å²) in [5.74, 6) is 1.47. The summed E-state index contributed by atoms with van der Waals surface area (Å²) in [5, 5.41) is 0. The van der Waals surface area contributed by atoms with E-state index in [1.54, 1.807) is 0 Å². The van der Waals surface area contributed by atoms with Crippen molar-refractivity contribution in [3.05, 3.63) is 0 Å². The van der Waals surface area contributed by atoms with E-state index in [1.165, 1.54) is 6.42 Å². The summed E-state index contributed by atoms with van der Waals surface area (Å²) >= 11 is 5.16. The Kier molecular flexibility index (Phi) is 1.90. The quantitative estimate of drug-likeness (QED) is 0.471. The lowest BCUT2D eigenvalue weighted by atomic mass is 9.43. The summed E-state index contributed by atoms with van der Waals surface area (Å²) in [5.41, 5.74) is 0.357. The maximum atomic E-state index is 5.90. The predicted molar refractivity (Wildman–Crippen MR) is 58.6 cm³/mol. The summed E-state index contributed by atoms with van der Waals surface area (Å²) in [6.45, 7) is 6.93. The Morgan fingerprint density at radius 1 is 1.29 bits per heavy atom. The standard InChI is InChI=1S/C10H16O2PS/c1-9(2)6-4-7(9)10(3)8(5-6)11-13(14)12-10/h6-8H,4-5H2,1-3H3/q-1/t6-,7-,8+,10-,13?/m1/s1. The van der Waals surface area contributed by atoms with Crippen molar-refractivity contribution in [3.63, 3.8) is 0 Å². The molecule has 3 saturated carbocycles. The highest BCUT2D eigenvalue weighted by Crippen LogP contribution is 2.70. The molecule has 3 aliphatic carbocycles. The summed E-state index contributed by atoms with van der Waals surface area (Å²) in [6.07, 6.45) is 2.74. The average molecular weight is 231 g/mol. The fourth-order valence-corrected chi connectivity index (χ4v) is 5.57. The second-order valence-electron chi connectivity index (χ2n) is 5.64. The summed E-state index contributed by atoms with van der Waals surface area (Å²) in [7, 11) is -1.02. The monoisotopic (exact) mass is 231 g/mol. The van der Waals surface area contributed by atoms with E-state index in [1.807, 2.05) is 0 Å². The molecule has 1 unspecified atom stereocenters. The molecule has 5 atom stereocenters. The Morgan fingerprint density at radius 3 is 2.64 bits per heavy atom. The third kappa shape index (κ3) is 1.000. The molecule has 4 fully saturated rings. The molecule has 0 aromatic heterocycles. The molecular formula is C10H16O2PS-. The molecule has 2 nitrogen and oxygen atoms in total. The number of hydrogen-bond donors (Lipinski definition) is 0. The Labute approximate surface area is 91.8 Å². The van der Waals surface area contributed by atoms with Gasteiger partial charge in [-0.15, -0.1) is 0 Å². The van der Waals surface area contributed by atoms with Crippen molar-refractivity contribution in [1.29, 1.82) is 0 Å².